The van der Waals surface area contributed by atoms with E-state index in [4.69, 9.17) is 16.3 Å². The Labute approximate surface area is 102 Å². The van der Waals surface area contributed by atoms with Crippen molar-refractivity contribution in [1.82, 2.24) is 0 Å². The van der Waals surface area contributed by atoms with Crippen LogP contribution >= 0.6 is 11.6 Å². The van der Waals surface area contributed by atoms with E-state index >= 15 is 0 Å². The molecule has 0 radical (unpaired) electrons. The standard InChI is InChI=1S/C14H17ClO/c15-14-6-2-5-13(14)10-3-1-4-12(9-10)16-11-7-8-11/h1,3-4,9,11,13-14H,2,5-8H2. The Kier molecular flexibility index (Phi) is 2.81. The molecule has 2 heteroatoms. The SMILES string of the molecule is ClC1CCCC1c1cccc(OC2CC2)c1. The van der Waals surface area contributed by atoms with Crippen molar-refractivity contribution in [1.29, 1.82) is 0 Å². The molecule has 0 bridgehead atoms. The van der Waals surface area contributed by atoms with E-state index in [1.165, 1.54) is 31.2 Å². The molecule has 1 aromatic rings. The molecule has 2 fully saturated rings. The van der Waals surface area contributed by atoms with E-state index in [1.54, 1.807) is 0 Å². The average Bonchev–Trinajstić information content (AvgIpc) is 2.99. The number of halogens is 1. The molecule has 1 nitrogen and oxygen atoms in total. The molecule has 2 aliphatic rings. The van der Waals surface area contributed by atoms with Crippen LogP contribution in [0.4, 0.5) is 0 Å². The number of hydrogen-bond donors (Lipinski definition) is 0. The van der Waals surface area contributed by atoms with Gasteiger partial charge in [0.1, 0.15) is 5.75 Å². The first-order valence-corrected chi connectivity index (χ1v) is 6.67. The molecule has 3 rings (SSSR count). The van der Waals surface area contributed by atoms with Crippen LogP contribution in [0.25, 0.3) is 0 Å². The highest BCUT2D eigenvalue weighted by atomic mass is 35.5. The van der Waals surface area contributed by atoms with Crippen LogP contribution < -0.4 is 4.74 Å². The van der Waals surface area contributed by atoms with Crippen molar-refractivity contribution in [2.75, 3.05) is 0 Å². The van der Waals surface area contributed by atoms with Gasteiger partial charge in [0.2, 0.25) is 0 Å². The van der Waals surface area contributed by atoms with Crippen LogP contribution in [0.3, 0.4) is 0 Å². The summed E-state index contributed by atoms with van der Waals surface area (Å²) in [4.78, 5) is 0. The zero-order valence-corrected chi connectivity index (χ0v) is 10.1. The zero-order chi connectivity index (χ0) is 11.0. The van der Waals surface area contributed by atoms with Gasteiger partial charge in [-0.05, 0) is 43.4 Å². The van der Waals surface area contributed by atoms with Gasteiger partial charge in [0, 0.05) is 11.3 Å². The number of rotatable bonds is 3. The minimum Gasteiger partial charge on any atom is -0.490 e. The van der Waals surface area contributed by atoms with Crippen LogP contribution in [0.15, 0.2) is 24.3 Å². The summed E-state index contributed by atoms with van der Waals surface area (Å²) in [5, 5.41) is 0.316. The first-order chi connectivity index (χ1) is 7.83. The van der Waals surface area contributed by atoms with Gasteiger partial charge in [-0.2, -0.15) is 0 Å². The fourth-order valence-electron chi connectivity index (χ4n) is 2.49. The van der Waals surface area contributed by atoms with Gasteiger partial charge >= 0.3 is 0 Å². The Morgan fingerprint density at radius 1 is 1.12 bits per heavy atom. The van der Waals surface area contributed by atoms with Crippen molar-refractivity contribution in [2.45, 2.75) is 49.5 Å². The second-order valence-electron chi connectivity index (χ2n) is 4.94. The van der Waals surface area contributed by atoms with E-state index in [-0.39, 0.29) is 0 Å². The highest BCUT2D eigenvalue weighted by Gasteiger charge is 2.28. The van der Waals surface area contributed by atoms with Crippen molar-refractivity contribution >= 4 is 11.6 Å². The maximum Gasteiger partial charge on any atom is 0.120 e. The Balaban J connectivity index is 1.77. The van der Waals surface area contributed by atoms with Crippen LogP contribution in [-0.2, 0) is 0 Å². The van der Waals surface area contributed by atoms with E-state index < -0.39 is 0 Å². The van der Waals surface area contributed by atoms with E-state index in [0.29, 0.717) is 17.4 Å². The highest BCUT2D eigenvalue weighted by molar-refractivity contribution is 6.21. The maximum atomic E-state index is 6.34. The molecule has 2 atom stereocenters. The lowest BCUT2D eigenvalue weighted by atomic mass is 9.97. The Bertz CT molecular complexity index is 373. The average molecular weight is 237 g/mol. The Morgan fingerprint density at radius 2 is 2.00 bits per heavy atom. The first kappa shape index (κ1) is 10.5. The number of alkyl halides is 1. The lowest BCUT2D eigenvalue weighted by Crippen LogP contribution is -2.05. The second kappa shape index (κ2) is 4.29. The van der Waals surface area contributed by atoms with Crippen LogP contribution in [0, 0.1) is 0 Å². The van der Waals surface area contributed by atoms with Gasteiger partial charge in [-0.1, -0.05) is 18.6 Å². The third kappa shape index (κ3) is 2.20. The number of hydrogen-bond acceptors (Lipinski definition) is 1. The monoisotopic (exact) mass is 236 g/mol. The van der Waals surface area contributed by atoms with Crippen molar-refractivity contribution in [2.24, 2.45) is 0 Å². The molecule has 2 aliphatic carbocycles. The van der Waals surface area contributed by atoms with Gasteiger partial charge in [0.25, 0.3) is 0 Å². The van der Waals surface area contributed by atoms with Gasteiger partial charge in [0.05, 0.1) is 6.10 Å². The topological polar surface area (TPSA) is 9.23 Å². The quantitative estimate of drug-likeness (QED) is 0.718. The molecule has 1 aromatic carbocycles. The van der Waals surface area contributed by atoms with Crippen LogP contribution in [-0.4, -0.2) is 11.5 Å². The molecule has 2 saturated carbocycles. The molecule has 0 amide bonds. The summed E-state index contributed by atoms with van der Waals surface area (Å²) in [6.07, 6.45) is 6.54. The van der Waals surface area contributed by atoms with Crippen molar-refractivity contribution in [3.05, 3.63) is 29.8 Å². The van der Waals surface area contributed by atoms with E-state index in [1.807, 2.05) is 0 Å². The number of benzene rings is 1. The summed E-state index contributed by atoms with van der Waals surface area (Å²) in [5.74, 6) is 1.56. The largest absolute Gasteiger partial charge is 0.490 e. The van der Waals surface area contributed by atoms with Crippen molar-refractivity contribution < 1.29 is 4.74 Å². The van der Waals surface area contributed by atoms with Gasteiger partial charge in [0.15, 0.2) is 0 Å². The van der Waals surface area contributed by atoms with E-state index in [0.717, 1.165) is 12.2 Å². The normalized spacial score (nSPS) is 29.3. The summed E-state index contributed by atoms with van der Waals surface area (Å²) in [6, 6.07) is 8.52. The van der Waals surface area contributed by atoms with Crippen molar-refractivity contribution in [3.63, 3.8) is 0 Å². The third-order valence-corrected chi connectivity index (χ3v) is 4.07. The molecule has 0 aliphatic heterocycles. The molecule has 0 spiro atoms. The van der Waals surface area contributed by atoms with E-state index in [2.05, 4.69) is 24.3 Å². The number of ether oxygens (including phenoxy) is 1. The molecule has 16 heavy (non-hydrogen) atoms. The molecule has 0 aromatic heterocycles. The summed E-state index contributed by atoms with van der Waals surface area (Å²) >= 11 is 6.34. The Morgan fingerprint density at radius 3 is 2.69 bits per heavy atom. The third-order valence-electron chi connectivity index (χ3n) is 3.54. The van der Waals surface area contributed by atoms with Gasteiger partial charge in [-0.3, -0.25) is 0 Å². The lowest BCUT2D eigenvalue weighted by Gasteiger charge is -2.15. The van der Waals surface area contributed by atoms with E-state index in [9.17, 15) is 0 Å². The van der Waals surface area contributed by atoms with Crippen molar-refractivity contribution in [3.8, 4) is 5.75 Å². The minimum atomic E-state index is 0.316. The predicted octanol–water partition coefficient (Wildman–Crippen LogP) is 4.10. The molecule has 2 unspecified atom stereocenters. The van der Waals surface area contributed by atoms with Gasteiger partial charge in [-0.25, -0.2) is 0 Å². The molecule has 0 saturated heterocycles. The van der Waals surface area contributed by atoms with Gasteiger partial charge < -0.3 is 4.74 Å². The van der Waals surface area contributed by atoms with Crippen LogP contribution in [0.5, 0.6) is 5.75 Å². The maximum absolute atomic E-state index is 6.34. The molecular formula is C14H17ClO. The molecule has 0 heterocycles. The summed E-state index contributed by atoms with van der Waals surface area (Å²) in [6.45, 7) is 0. The summed E-state index contributed by atoms with van der Waals surface area (Å²) in [5.41, 5.74) is 1.36. The lowest BCUT2D eigenvalue weighted by molar-refractivity contribution is 0.302. The molecular weight excluding hydrogens is 220 g/mol. The van der Waals surface area contributed by atoms with Gasteiger partial charge in [-0.15, -0.1) is 11.6 Å². The summed E-state index contributed by atoms with van der Waals surface area (Å²) < 4.78 is 5.82. The predicted molar refractivity (Wildman–Crippen MR) is 66.3 cm³/mol. The fourth-order valence-corrected chi connectivity index (χ4v) is 2.91. The second-order valence-corrected chi connectivity index (χ2v) is 5.50. The fraction of sp³-hybridized carbons (Fsp3) is 0.571. The zero-order valence-electron chi connectivity index (χ0n) is 9.36. The van der Waals surface area contributed by atoms with Crippen LogP contribution in [0.1, 0.15) is 43.6 Å². The first-order valence-electron chi connectivity index (χ1n) is 6.23. The smallest absolute Gasteiger partial charge is 0.120 e. The highest BCUT2D eigenvalue weighted by Crippen LogP contribution is 2.39. The Hall–Kier alpha value is -0.690. The minimum absolute atomic E-state index is 0.316. The molecule has 86 valence electrons. The molecule has 0 N–H and O–H groups in total. The summed E-state index contributed by atoms with van der Waals surface area (Å²) in [7, 11) is 0. The van der Waals surface area contributed by atoms with Crippen LogP contribution in [0.2, 0.25) is 0 Å².